The molecular formula is C29H27ClN2O5. The number of halogens is 1. The highest BCUT2D eigenvalue weighted by Gasteiger charge is 2.29. The average molecular weight is 519 g/mol. The molecule has 0 spiro atoms. The van der Waals surface area contributed by atoms with Crippen LogP contribution in [0.3, 0.4) is 0 Å². The first-order valence-electron chi connectivity index (χ1n) is 12.1. The van der Waals surface area contributed by atoms with E-state index in [4.69, 9.17) is 25.2 Å². The Morgan fingerprint density at radius 3 is 2.68 bits per heavy atom. The van der Waals surface area contributed by atoms with Crippen LogP contribution in [-0.2, 0) is 17.6 Å². The Bertz CT molecular complexity index is 1580. The quantitative estimate of drug-likeness (QED) is 0.184. The van der Waals surface area contributed by atoms with E-state index in [1.54, 1.807) is 31.4 Å². The molecule has 0 bridgehead atoms. The second-order valence-electron chi connectivity index (χ2n) is 9.49. The molecule has 2 heterocycles. The third-order valence-corrected chi connectivity index (χ3v) is 7.03. The number of benzene rings is 2. The van der Waals surface area contributed by atoms with Crippen LogP contribution in [0.4, 0.5) is 0 Å². The van der Waals surface area contributed by atoms with Gasteiger partial charge in [0.15, 0.2) is 0 Å². The summed E-state index contributed by atoms with van der Waals surface area (Å²) in [5, 5.41) is 5.97. The van der Waals surface area contributed by atoms with Gasteiger partial charge in [-0.2, -0.15) is 5.10 Å². The third-order valence-electron chi connectivity index (χ3n) is 6.61. The number of rotatable bonds is 5. The highest BCUT2D eigenvalue weighted by molar-refractivity contribution is 6.31. The number of furan rings is 2. The molecule has 0 radical (unpaired) electrons. The lowest BCUT2D eigenvalue weighted by molar-refractivity contribution is -0.120. The largest absolute Gasteiger partial charge is 0.464 e. The van der Waals surface area contributed by atoms with Crippen molar-refractivity contribution in [2.75, 3.05) is 0 Å². The number of ether oxygens (including phenoxy) is 1. The van der Waals surface area contributed by atoms with Crippen LogP contribution in [0.5, 0.6) is 5.75 Å². The van der Waals surface area contributed by atoms with E-state index in [-0.39, 0.29) is 18.1 Å². The maximum Gasteiger partial charge on any atom is 0.379 e. The molecule has 5 rings (SSSR count). The molecule has 2 aromatic carbocycles. The maximum absolute atomic E-state index is 12.9. The number of nitrogens with zero attached hydrogens (tertiary/aromatic N) is 1. The molecule has 0 unspecified atom stereocenters. The molecule has 1 N–H and O–H groups in total. The number of hydrazone groups is 1. The van der Waals surface area contributed by atoms with Gasteiger partial charge in [-0.1, -0.05) is 17.7 Å². The fraction of sp³-hybridized carbons (Fsp3) is 0.276. The maximum atomic E-state index is 12.9. The zero-order valence-electron chi connectivity index (χ0n) is 21.2. The van der Waals surface area contributed by atoms with Gasteiger partial charge >= 0.3 is 5.97 Å². The molecular weight excluding hydrogens is 492 g/mol. The number of hydrogen-bond donors (Lipinski definition) is 1. The Balaban J connectivity index is 1.33. The van der Waals surface area contributed by atoms with E-state index in [9.17, 15) is 9.59 Å². The van der Waals surface area contributed by atoms with E-state index < -0.39 is 5.97 Å². The standard InChI is InChI=1S/C29H27ClN2O5/c1-15-10-17(3)26-19(14-35-24(26)11-15)13-25(33)32-31-22-6-5-7-23-27(22)18(4)28(37-23)29(34)36-20-8-9-21(30)16(2)12-20/h8-12,14H,5-7,13H2,1-4H3,(H,32,33)/b31-22+. The second kappa shape index (κ2) is 9.90. The lowest BCUT2D eigenvalue weighted by atomic mass is 9.93. The van der Waals surface area contributed by atoms with Crippen LogP contribution in [0.25, 0.3) is 11.0 Å². The first-order valence-corrected chi connectivity index (χ1v) is 12.5. The van der Waals surface area contributed by atoms with Gasteiger partial charge in [-0.15, -0.1) is 0 Å². The molecule has 1 amide bonds. The zero-order valence-corrected chi connectivity index (χ0v) is 21.9. The number of hydrogen-bond acceptors (Lipinski definition) is 6. The number of carbonyl (C=O) groups is 2. The van der Waals surface area contributed by atoms with Crippen LogP contribution in [0.2, 0.25) is 5.02 Å². The summed E-state index contributed by atoms with van der Waals surface area (Å²) in [6.45, 7) is 7.66. The van der Waals surface area contributed by atoms with Gasteiger partial charge < -0.3 is 13.6 Å². The van der Waals surface area contributed by atoms with Crippen molar-refractivity contribution in [3.8, 4) is 5.75 Å². The van der Waals surface area contributed by atoms with Crippen molar-refractivity contribution in [3.63, 3.8) is 0 Å². The molecule has 2 aromatic heterocycles. The summed E-state index contributed by atoms with van der Waals surface area (Å²) in [4.78, 5) is 25.7. The van der Waals surface area contributed by atoms with Crippen molar-refractivity contribution in [1.29, 1.82) is 0 Å². The molecule has 0 saturated heterocycles. The molecule has 0 saturated carbocycles. The average Bonchev–Trinajstić information content (AvgIpc) is 3.41. The monoisotopic (exact) mass is 518 g/mol. The van der Waals surface area contributed by atoms with E-state index in [0.717, 1.165) is 45.2 Å². The molecule has 1 aliphatic carbocycles. The minimum Gasteiger partial charge on any atom is -0.464 e. The van der Waals surface area contributed by atoms with Crippen molar-refractivity contribution in [1.82, 2.24) is 5.43 Å². The second-order valence-corrected chi connectivity index (χ2v) is 9.90. The third kappa shape index (κ3) is 4.91. The highest BCUT2D eigenvalue weighted by Crippen LogP contribution is 2.31. The number of fused-ring (bicyclic) bond motifs is 2. The van der Waals surface area contributed by atoms with E-state index in [1.807, 2.05) is 26.8 Å². The Hall–Kier alpha value is -3.84. The van der Waals surface area contributed by atoms with Crippen molar-refractivity contribution in [3.05, 3.63) is 86.5 Å². The smallest absolute Gasteiger partial charge is 0.379 e. The van der Waals surface area contributed by atoms with E-state index in [1.165, 1.54) is 0 Å². The van der Waals surface area contributed by atoms with Crippen LogP contribution in [0, 0.1) is 27.7 Å². The van der Waals surface area contributed by atoms with Gasteiger partial charge in [0, 0.05) is 33.5 Å². The molecule has 0 fully saturated rings. The van der Waals surface area contributed by atoms with Gasteiger partial charge in [0.25, 0.3) is 0 Å². The Morgan fingerprint density at radius 1 is 1.08 bits per heavy atom. The van der Waals surface area contributed by atoms with Gasteiger partial charge in [0.05, 0.1) is 18.4 Å². The van der Waals surface area contributed by atoms with Gasteiger partial charge in [0.1, 0.15) is 17.1 Å². The fourth-order valence-corrected chi connectivity index (χ4v) is 5.03. The molecule has 0 aliphatic heterocycles. The van der Waals surface area contributed by atoms with Gasteiger partial charge in [-0.25, -0.2) is 10.2 Å². The first kappa shape index (κ1) is 24.8. The molecule has 1 aliphatic rings. The minimum atomic E-state index is -0.588. The van der Waals surface area contributed by atoms with Crippen molar-refractivity contribution >= 4 is 40.2 Å². The van der Waals surface area contributed by atoms with Gasteiger partial charge in [-0.05, 0) is 81.5 Å². The molecule has 8 heteroatoms. The van der Waals surface area contributed by atoms with E-state index >= 15 is 0 Å². The summed E-state index contributed by atoms with van der Waals surface area (Å²) < 4.78 is 17.1. The Labute approximate surface area is 219 Å². The Morgan fingerprint density at radius 2 is 1.89 bits per heavy atom. The zero-order chi connectivity index (χ0) is 26.3. The topological polar surface area (TPSA) is 94.0 Å². The van der Waals surface area contributed by atoms with E-state index in [0.29, 0.717) is 40.6 Å². The van der Waals surface area contributed by atoms with Crippen LogP contribution < -0.4 is 10.2 Å². The van der Waals surface area contributed by atoms with Crippen LogP contribution >= 0.6 is 11.6 Å². The van der Waals surface area contributed by atoms with Crippen molar-refractivity contribution in [2.45, 2.75) is 53.4 Å². The Kier molecular flexibility index (Phi) is 6.65. The summed E-state index contributed by atoms with van der Waals surface area (Å²) in [5.41, 5.74) is 9.33. The van der Waals surface area contributed by atoms with Gasteiger partial charge in [-0.3, -0.25) is 4.79 Å². The predicted molar refractivity (Wildman–Crippen MR) is 142 cm³/mol. The number of nitrogens with one attached hydrogen (secondary N) is 1. The molecule has 4 aromatic rings. The van der Waals surface area contributed by atoms with Crippen LogP contribution in [0.15, 0.2) is 50.5 Å². The molecule has 7 nitrogen and oxygen atoms in total. The van der Waals surface area contributed by atoms with E-state index in [2.05, 4.69) is 16.6 Å². The summed E-state index contributed by atoms with van der Waals surface area (Å²) in [7, 11) is 0. The summed E-state index contributed by atoms with van der Waals surface area (Å²) in [5.74, 6) is 0.353. The number of carbonyl (C=O) groups excluding carboxylic acids is 2. The molecule has 0 atom stereocenters. The first-order chi connectivity index (χ1) is 17.7. The lowest BCUT2D eigenvalue weighted by Crippen LogP contribution is -2.23. The molecule has 37 heavy (non-hydrogen) atoms. The van der Waals surface area contributed by atoms with Crippen LogP contribution in [0.1, 0.15) is 62.5 Å². The minimum absolute atomic E-state index is 0.133. The fourth-order valence-electron chi connectivity index (χ4n) is 4.91. The summed E-state index contributed by atoms with van der Waals surface area (Å²) in [6.07, 6.45) is 3.90. The van der Waals surface area contributed by atoms with Gasteiger partial charge in [0.2, 0.25) is 11.7 Å². The molecule has 190 valence electrons. The SMILES string of the molecule is Cc1cc(C)c2c(CC(=O)N/N=C3\CCCc4oc(C(=O)Oc5ccc(Cl)c(C)c5)c(C)c43)coc2c1. The highest BCUT2D eigenvalue weighted by atomic mass is 35.5. The summed E-state index contributed by atoms with van der Waals surface area (Å²) in [6, 6.07) is 9.06. The number of amides is 1. The summed E-state index contributed by atoms with van der Waals surface area (Å²) >= 11 is 6.07. The van der Waals surface area contributed by atoms with Crippen molar-refractivity contribution < 1.29 is 23.2 Å². The van der Waals surface area contributed by atoms with Crippen molar-refractivity contribution in [2.24, 2.45) is 5.10 Å². The van der Waals surface area contributed by atoms with Crippen LogP contribution in [-0.4, -0.2) is 17.6 Å². The number of aryl methyl sites for hydroxylation is 4. The number of esters is 1. The normalized spacial score (nSPS) is 14.1. The lowest BCUT2D eigenvalue weighted by Gasteiger charge is -2.13. The predicted octanol–water partition coefficient (Wildman–Crippen LogP) is 6.53.